The van der Waals surface area contributed by atoms with Crippen LogP contribution in [0.5, 0.6) is 0 Å². The van der Waals surface area contributed by atoms with Gasteiger partial charge in [-0.05, 0) is 79.6 Å². The monoisotopic (exact) mass is 414 g/mol. The summed E-state index contributed by atoms with van der Waals surface area (Å²) in [5.74, 6) is 2.76. The van der Waals surface area contributed by atoms with Gasteiger partial charge in [-0.1, -0.05) is 111 Å². The van der Waals surface area contributed by atoms with Gasteiger partial charge in [-0.3, -0.25) is 0 Å². The van der Waals surface area contributed by atoms with Crippen molar-refractivity contribution in [3.8, 4) is 0 Å². The normalized spacial score (nSPS) is 26.2. The smallest absolute Gasteiger partial charge is 0.0104 e. The highest BCUT2D eigenvalue weighted by Gasteiger charge is 2.28. The molecule has 0 nitrogen and oxygen atoms in total. The second-order valence-corrected chi connectivity index (χ2v) is 12.8. The van der Waals surface area contributed by atoms with Gasteiger partial charge in [0.1, 0.15) is 0 Å². The lowest BCUT2D eigenvalue weighted by molar-refractivity contribution is 0.169. The SMILES string of the molecule is CC1=C(/C=C/CC(C)CCCC(C)CCCC2CCCC(C)(C)C2)C(C)(C)CCC1. The van der Waals surface area contributed by atoms with Crippen LogP contribution in [0.2, 0.25) is 0 Å². The Morgan fingerprint density at radius 1 is 0.933 bits per heavy atom. The summed E-state index contributed by atoms with van der Waals surface area (Å²) in [6.07, 6.45) is 24.7. The average Bonchev–Trinajstić information content (AvgIpc) is 2.63. The van der Waals surface area contributed by atoms with E-state index in [0.717, 1.165) is 17.8 Å². The van der Waals surface area contributed by atoms with Crippen LogP contribution in [-0.2, 0) is 0 Å². The van der Waals surface area contributed by atoms with Gasteiger partial charge >= 0.3 is 0 Å². The van der Waals surface area contributed by atoms with E-state index in [2.05, 4.69) is 60.6 Å². The molecule has 0 radical (unpaired) electrons. The molecule has 0 heteroatoms. The van der Waals surface area contributed by atoms with Crippen LogP contribution in [-0.4, -0.2) is 0 Å². The van der Waals surface area contributed by atoms with Gasteiger partial charge in [0.15, 0.2) is 0 Å². The zero-order chi connectivity index (χ0) is 22.2. The Hall–Kier alpha value is -0.520. The molecule has 0 aromatic carbocycles. The molecular formula is C30H54. The molecule has 0 saturated heterocycles. The van der Waals surface area contributed by atoms with Crippen LogP contribution in [0, 0.1) is 28.6 Å². The number of allylic oxidation sites excluding steroid dienone is 4. The maximum Gasteiger partial charge on any atom is -0.0104 e. The zero-order valence-electron chi connectivity index (χ0n) is 21.8. The first kappa shape index (κ1) is 25.7. The topological polar surface area (TPSA) is 0 Å². The van der Waals surface area contributed by atoms with Gasteiger partial charge in [0.2, 0.25) is 0 Å². The predicted octanol–water partition coefficient (Wildman–Crippen LogP) is 10.3. The molecule has 2 aliphatic rings. The van der Waals surface area contributed by atoms with Gasteiger partial charge in [0, 0.05) is 0 Å². The fourth-order valence-corrected chi connectivity index (χ4v) is 6.36. The van der Waals surface area contributed by atoms with E-state index in [1.165, 1.54) is 89.9 Å². The highest BCUT2D eigenvalue weighted by molar-refractivity contribution is 5.32. The third-order valence-electron chi connectivity index (χ3n) is 8.38. The van der Waals surface area contributed by atoms with Crippen LogP contribution in [0.15, 0.2) is 23.3 Å². The summed E-state index contributed by atoms with van der Waals surface area (Å²) >= 11 is 0. The number of rotatable bonds is 11. The lowest BCUT2D eigenvalue weighted by atomic mass is 9.71. The maximum atomic E-state index is 2.50. The molecule has 2 aliphatic carbocycles. The van der Waals surface area contributed by atoms with E-state index in [1.54, 1.807) is 11.1 Å². The lowest BCUT2D eigenvalue weighted by Gasteiger charge is -2.35. The van der Waals surface area contributed by atoms with Crippen LogP contribution >= 0.6 is 0 Å². The van der Waals surface area contributed by atoms with E-state index in [1.807, 2.05) is 0 Å². The average molecular weight is 415 g/mol. The number of hydrogen-bond acceptors (Lipinski definition) is 0. The summed E-state index contributed by atoms with van der Waals surface area (Å²) in [7, 11) is 0. The van der Waals surface area contributed by atoms with Crippen molar-refractivity contribution in [3.63, 3.8) is 0 Å². The van der Waals surface area contributed by atoms with E-state index in [9.17, 15) is 0 Å². The Balaban J connectivity index is 1.58. The molecule has 3 atom stereocenters. The van der Waals surface area contributed by atoms with Crippen LogP contribution in [0.25, 0.3) is 0 Å². The summed E-state index contributed by atoms with van der Waals surface area (Å²) in [6, 6.07) is 0. The van der Waals surface area contributed by atoms with E-state index in [0.29, 0.717) is 10.8 Å². The first-order chi connectivity index (χ1) is 14.1. The fraction of sp³-hybridized carbons (Fsp3) is 0.867. The Kier molecular flexibility index (Phi) is 10.2. The van der Waals surface area contributed by atoms with E-state index < -0.39 is 0 Å². The Morgan fingerprint density at radius 2 is 1.63 bits per heavy atom. The van der Waals surface area contributed by atoms with E-state index in [-0.39, 0.29) is 0 Å². The highest BCUT2D eigenvalue weighted by Crippen LogP contribution is 2.41. The van der Waals surface area contributed by atoms with Gasteiger partial charge in [-0.15, -0.1) is 0 Å². The second-order valence-electron chi connectivity index (χ2n) is 12.8. The maximum absolute atomic E-state index is 2.50. The van der Waals surface area contributed by atoms with Gasteiger partial charge in [-0.25, -0.2) is 0 Å². The van der Waals surface area contributed by atoms with Crippen molar-refractivity contribution in [3.05, 3.63) is 23.3 Å². The van der Waals surface area contributed by atoms with Crippen LogP contribution in [0.3, 0.4) is 0 Å². The van der Waals surface area contributed by atoms with Crippen LogP contribution in [0.4, 0.5) is 0 Å². The first-order valence-electron chi connectivity index (χ1n) is 13.5. The molecule has 30 heavy (non-hydrogen) atoms. The molecule has 0 spiro atoms. The molecule has 174 valence electrons. The molecule has 1 fully saturated rings. The number of hydrogen-bond donors (Lipinski definition) is 0. The molecule has 0 aromatic rings. The second kappa shape index (κ2) is 11.9. The van der Waals surface area contributed by atoms with Crippen molar-refractivity contribution in [2.75, 3.05) is 0 Å². The van der Waals surface area contributed by atoms with Gasteiger partial charge in [-0.2, -0.15) is 0 Å². The largest absolute Gasteiger partial charge is 0.0840 e. The standard InChI is InChI=1S/C30H54/c1-24(15-9-18-27-19-12-21-29(4,5)23-27)13-8-14-25(2)16-10-20-28-26(3)17-11-22-30(28,6)7/h10,20,24-25,27H,8-9,11-19,21-23H2,1-7H3/b20-10+. The zero-order valence-corrected chi connectivity index (χ0v) is 21.8. The van der Waals surface area contributed by atoms with Crippen LogP contribution in [0.1, 0.15) is 138 Å². The van der Waals surface area contributed by atoms with Crippen LogP contribution < -0.4 is 0 Å². The Morgan fingerprint density at radius 3 is 2.33 bits per heavy atom. The fourth-order valence-electron chi connectivity index (χ4n) is 6.36. The van der Waals surface area contributed by atoms with Crippen molar-refractivity contribution < 1.29 is 0 Å². The van der Waals surface area contributed by atoms with Crippen molar-refractivity contribution in [1.29, 1.82) is 0 Å². The molecular weight excluding hydrogens is 360 g/mol. The molecule has 0 aliphatic heterocycles. The molecule has 2 rings (SSSR count). The van der Waals surface area contributed by atoms with Crippen molar-refractivity contribution in [2.45, 2.75) is 138 Å². The minimum Gasteiger partial charge on any atom is -0.0840 e. The summed E-state index contributed by atoms with van der Waals surface area (Å²) in [5, 5.41) is 0. The molecule has 3 unspecified atom stereocenters. The molecule has 0 heterocycles. The summed E-state index contributed by atoms with van der Waals surface area (Å²) in [6.45, 7) is 17.1. The minimum absolute atomic E-state index is 0.380. The van der Waals surface area contributed by atoms with E-state index >= 15 is 0 Å². The van der Waals surface area contributed by atoms with E-state index in [4.69, 9.17) is 0 Å². The lowest BCUT2D eigenvalue weighted by Crippen LogP contribution is -2.22. The first-order valence-corrected chi connectivity index (χ1v) is 13.5. The van der Waals surface area contributed by atoms with Gasteiger partial charge < -0.3 is 0 Å². The third kappa shape index (κ3) is 8.92. The van der Waals surface area contributed by atoms with Gasteiger partial charge in [0.25, 0.3) is 0 Å². The Bertz CT molecular complexity index is 559. The highest BCUT2D eigenvalue weighted by atomic mass is 14.3. The van der Waals surface area contributed by atoms with Crippen molar-refractivity contribution in [2.24, 2.45) is 28.6 Å². The molecule has 0 amide bonds. The molecule has 0 bridgehead atoms. The van der Waals surface area contributed by atoms with Crippen molar-refractivity contribution >= 4 is 0 Å². The molecule has 0 aromatic heterocycles. The summed E-state index contributed by atoms with van der Waals surface area (Å²) < 4.78 is 0. The summed E-state index contributed by atoms with van der Waals surface area (Å²) in [4.78, 5) is 0. The molecule has 0 N–H and O–H groups in total. The summed E-state index contributed by atoms with van der Waals surface area (Å²) in [5.41, 5.74) is 4.24. The molecule has 1 saturated carbocycles. The van der Waals surface area contributed by atoms with Gasteiger partial charge in [0.05, 0.1) is 0 Å². The van der Waals surface area contributed by atoms with Crippen molar-refractivity contribution in [1.82, 2.24) is 0 Å². The predicted molar refractivity (Wildman–Crippen MR) is 136 cm³/mol. The third-order valence-corrected chi connectivity index (χ3v) is 8.38. The minimum atomic E-state index is 0.380. The Labute approximate surface area is 190 Å². The quantitative estimate of drug-likeness (QED) is 0.315.